The van der Waals surface area contributed by atoms with Gasteiger partial charge in [0, 0.05) is 29.7 Å². The van der Waals surface area contributed by atoms with E-state index in [0.717, 1.165) is 9.87 Å². The summed E-state index contributed by atoms with van der Waals surface area (Å²) in [5.41, 5.74) is 1.69. The highest BCUT2D eigenvalue weighted by atomic mass is 35.5. The smallest absolute Gasteiger partial charge is 0.252 e. The van der Waals surface area contributed by atoms with Crippen LogP contribution >= 0.6 is 23.2 Å². The van der Waals surface area contributed by atoms with E-state index in [1.165, 1.54) is 26.2 Å². The third-order valence-corrected chi connectivity index (χ3v) is 6.38. The first-order valence-corrected chi connectivity index (χ1v) is 10.0. The predicted molar refractivity (Wildman–Crippen MR) is 104 cm³/mol. The van der Waals surface area contributed by atoms with Crippen LogP contribution in [0.15, 0.2) is 41.3 Å². The van der Waals surface area contributed by atoms with Crippen molar-refractivity contribution in [2.45, 2.75) is 24.8 Å². The van der Waals surface area contributed by atoms with Crippen LogP contribution < -0.4 is 5.32 Å². The Kier molecular flexibility index (Phi) is 6.34. The quantitative estimate of drug-likeness (QED) is 0.802. The molecule has 140 valence electrons. The second-order valence-corrected chi connectivity index (χ2v) is 9.12. The van der Waals surface area contributed by atoms with Crippen molar-refractivity contribution in [2.24, 2.45) is 0 Å². The number of aryl methyl sites for hydroxylation is 1. The summed E-state index contributed by atoms with van der Waals surface area (Å²) >= 11 is 12.1. The third kappa shape index (κ3) is 4.38. The van der Waals surface area contributed by atoms with E-state index in [4.69, 9.17) is 23.2 Å². The van der Waals surface area contributed by atoms with E-state index >= 15 is 0 Å². The molecule has 2 rings (SSSR count). The van der Waals surface area contributed by atoms with Gasteiger partial charge in [-0.25, -0.2) is 12.7 Å². The number of hydrogen-bond acceptors (Lipinski definition) is 3. The number of benzene rings is 2. The van der Waals surface area contributed by atoms with Gasteiger partial charge in [0.25, 0.3) is 5.91 Å². The van der Waals surface area contributed by atoms with Crippen molar-refractivity contribution in [3.05, 3.63) is 63.1 Å². The number of amides is 1. The molecule has 0 fully saturated rings. The maximum atomic E-state index is 12.7. The molecule has 0 aromatic heterocycles. The van der Waals surface area contributed by atoms with Gasteiger partial charge in [-0.2, -0.15) is 0 Å². The first-order valence-electron chi connectivity index (χ1n) is 7.83. The van der Waals surface area contributed by atoms with Crippen LogP contribution in [0.3, 0.4) is 0 Å². The fourth-order valence-electron chi connectivity index (χ4n) is 2.42. The molecule has 8 heteroatoms. The summed E-state index contributed by atoms with van der Waals surface area (Å²) in [7, 11) is -0.736. The minimum atomic E-state index is -3.62. The fraction of sp³-hybridized carbons (Fsp3) is 0.278. The summed E-state index contributed by atoms with van der Waals surface area (Å²) in [5.74, 6) is -0.378. The van der Waals surface area contributed by atoms with Gasteiger partial charge in [0.05, 0.1) is 10.9 Å². The lowest BCUT2D eigenvalue weighted by molar-refractivity contribution is 0.0939. The van der Waals surface area contributed by atoms with Crippen molar-refractivity contribution < 1.29 is 13.2 Å². The van der Waals surface area contributed by atoms with Crippen molar-refractivity contribution in [3.8, 4) is 0 Å². The van der Waals surface area contributed by atoms with Gasteiger partial charge in [0.2, 0.25) is 10.0 Å². The van der Waals surface area contributed by atoms with E-state index in [9.17, 15) is 13.2 Å². The molecule has 5 nitrogen and oxygen atoms in total. The van der Waals surface area contributed by atoms with Crippen molar-refractivity contribution >= 4 is 39.1 Å². The molecular formula is C18H20Cl2N2O3S. The van der Waals surface area contributed by atoms with Crippen LogP contribution in [0.25, 0.3) is 0 Å². The molecule has 2 aromatic carbocycles. The van der Waals surface area contributed by atoms with E-state index in [-0.39, 0.29) is 16.8 Å². The number of nitrogens with zero attached hydrogens (tertiary/aromatic N) is 1. The second-order valence-electron chi connectivity index (χ2n) is 6.13. The molecule has 0 unspecified atom stereocenters. The Balaban J connectivity index is 2.32. The average Bonchev–Trinajstić information content (AvgIpc) is 2.54. The Morgan fingerprint density at radius 1 is 1.12 bits per heavy atom. The minimum Gasteiger partial charge on any atom is -0.345 e. The first-order chi connectivity index (χ1) is 12.0. The highest BCUT2D eigenvalue weighted by Crippen LogP contribution is 2.27. The monoisotopic (exact) mass is 414 g/mol. The summed E-state index contributed by atoms with van der Waals surface area (Å²) in [6.07, 6.45) is 0. The zero-order chi connectivity index (χ0) is 19.6. The van der Waals surface area contributed by atoms with Crippen molar-refractivity contribution in [1.82, 2.24) is 9.62 Å². The summed E-state index contributed by atoms with van der Waals surface area (Å²) < 4.78 is 25.7. The van der Waals surface area contributed by atoms with Crippen LogP contribution in [-0.2, 0) is 10.0 Å². The van der Waals surface area contributed by atoms with E-state index in [2.05, 4.69) is 5.32 Å². The third-order valence-electron chi connectivity index (χ3n) is 4.01. The molecule has 0 bridgehead atoms. The number of carbonyl (C=O) groups is 1. The SMILES string of the molecule is Cc1ccc(S(=O)(=O)N(C)C)cc1C(=O)N[C@@H](C)c1ccc(Cl)cc1Cl. The topological polar surface area (TPSA) is 66.5 Å². The number of nitrogens with one attached hydrogen (secondary N) is 1. The minimum absolute atomic E-state index is 0.0652. The Morgan fingerprint density at radius 2 is 1.77 bits per heavy atom. The molecule has 0 radical (unpaired) electrons. The van der Waals surface area contributed by atoms with Gasteiger partial charge in [0.15, 0.2) is 0 Å². The lowest BCUT2D eigenvalue weighted by Crippen LogP contribution is -2.28. The molecule has 0 spiro atoms. The molecule has 0 aliphatic carbocycles. The van der Waals surface area contributed by atoms with Gasteiger partial charge < -0.3 is 5.32 Å². The van der Waals surface area contributed by atoms with Gasteiger partial charge in [-0.15, -0.1) is 0 Å². The van der Waals surface area contributed by atoms with Crippen molar-refractivity contribution in [2.75, 3.05) is 14.1 Å². The zero-order valence-corrected chi connectivity index (χ0v) is 17.2. The molecule has 1 amide bonds. The fourth-order valence-corrected chi connectivity index (χ4v) is 3.92. The molecule has 0 heterocycles. The first kappa shape index (κ1) is 20.7. The number of rotatable bonds is 5. The molecular weight excluding hydrogens is 395 g/mol. The van der Waals surface area contributed by atoms with Gasteiger partial charge in [0.1, 0.15) is 0 Å². The van der Waals surface area contributed by atoms with Gasteiger partial charge in [-0.05, 0) is 49.2 Å². The number of carbonyl (C=O) groups excluding carboxylic acids is 1. The van der Waals surface area contributed by atoms with E-state index in [1.807, 2.05) is 0 Å². The summed E-state index contributed by atoms with van der Waals surface area (Å²) in [5, 5.41) is 3.81. The van der Waals surface area contributed by atoms with Crippen LogP contribution in [0.1, 0.15) is 34.5 Å². The maximum Gasteiger partial charge on any atom is 0.252 e. The molecule has 0 saturated carbocycles. The lowest BCUT2D eigenvalue weighted by atomic mass is 10.1. The second kappa shape index (κ2) is 7.96. The largest absolute Gasteiger partial charge is 0.345 e. The highest BCUT2D eigenvalue weighted by Gasteiger charge is 2.21. The van der Waals surface area contributed by atoms with E-state index < -0.39 is 10.0 Å². The molecule has 0 aliphatic rings. The maximum absolute atomic E-state index is 12.7. The van der Waals surface area contributed by atoms with Gasteiger partial charge >= 0.3 is 0 Å². The molecule has 26 heavy (non-hydrogen) atoms. The Bertz CT molecular complexity index is 943. The van der Waals surface area contributed by atoms with E-state index in [0.29, 0.717) is 21.2 Å². The van der Waals surface area contributed by atoms with Crippen molar-refractivity contribution in [1.29, 1.82) is 0 Å². The molecule has 2 aromatic rings. The number of halogens is 2. The molecule has 0 saturated heterocycles. The van der Waals surface area contributed by atoms with Gasteiger partial charge in [-0.3, -0.25) is 4.79 Å². The number of hydrogen-bond donors (Lipinski definition) is 1. The van der Waals surface area contributed by atoms with E-state index in [1.54, 1.807) is 38.1 Å². The Morgan fingerprint density at radius 3 is 2.35 bits per heavy atom. The van der Waals surface area contributed by atoms with Gasteiger partial charge in [-0.1, -0.05) is 35.3 Å². The Labute approximate surface area is 164 Å². The van der Waals surface area contributed by atoms with Crippen LogP contribution in [0, 0.1) is 6.92 Å². The zero-order valence-electron chi connectivity index (χ0n) is 14.9. The number of sulfonamides is 1. The summed E-state index contributed by atoms with van der Waals surface area (Å²) in [6.45, 7) is 3.55. The lowest BCUT2D eigenvalue weighted by Gasteiger charge is -2.18. The van der Waals surface area contributed by atoms with Crippen molar-refractivity contribution in [3.63, 3.8) is 0 Å². The van der Waals surface area contributed by atoms with Crippen LogP contribution in [0.4, 0.5) is 0 Å². The summed E-state index contributed by atoms with van der Waals surface area (Å²) in [6, 6.07) is 9.16. The van der Waals surface area contributed by atoms with Crippen LogP contribution in [0.5, 0.6) is 0 Å². The molecule has 0 aliphatic heterocycles. The highest BCUT2D eigenvalue weighted by molar-refractivity contribution is 7.89. The molecule has 1 N–H and O–H groups in total. The Hall–Kier alpha value is -1.60. The predicted octanol–water partition coefficient (Wildman–Crippen LogP) is 4.04. The van der Waals surface area contributed by atoms with Crippen LogP contribution in [0.2, 0.25) is 10.0 Å². The molecule has 1 atom stereocenters. The van der Waals surface area contributed by atoms with Crippen LogP contribution in [-0.4, -0.2) is 32.7 Å². The average molecular weight is 415 g/mol. The summed E-state index contributed by atoms with van der Waals surface area (Å²) in [4.78, 5) is 12.8. The normalized spacial score (nSPS) is 12.9. The standard InChI is InChI=1S/C18H20Cl2N2O3S/c1-11-5-7-14(26(24,25)22(3)4)10-16(11)18(23)21-12(2)15-8-6-13(19)9-17(15)20/h5-10,12H,1-4H3,(H,21,23)/t12-/m0/s1.